The molecule has 1 N–H and O–H groups in total. The van der Waals surface area contributed by atoms with E-state index in [0.29, 0.717) is 16.6 Å². The number of H-pyrrole nitrogens is 1. The molecule has 0 bridgehead atoms. The summed E-state index contributed by atoms with van der Waals surface area (Å²) < 4.78 is 0. The first-order chi connectivity index (χ1) is 7.27. The molecule has 0 saturated carbocycles. The van der Waals surface area contributed by atoms with Gasteiger partial charge in [-0.05, 0) is 12.1 Å². The lowest BCUT2D eigenvalue weighted by atomic mass is 10.1. The highest BCUT2D eigenvalue weighted by atomic mass is 16.1. The number of allylic oxidation sites excluding steroid dienone is 1. The van der Waals surface area contributed by atoms with Crippen molar-refractivity contribution >= 4 is 23.0 Å². The highest BCUT2D eigenvalue weighted by Gasteiger charge is 2.10. The van der Waals surface area contributed by atoms with Gasteiger partial charge in [0.15, 0.2) is 12.1 Å². The van der Waals surface area contributed by atoms with Crippen LogP contribution in [-0.2, 0) is 0 Å². The van der Waals surface area contributed by atoms with Gasteiger partial charge in [0.2, 0.25) is 0 Å². The molecular formula is C12H9NO2. The highest BCUT2D eigenvalue weighted by molar-refractivity contribution is 6.14. The molecule has 1 heterocycles. The van der Waals surface area contributed by atoms with Crippen LogP contribution in [0, 0.1) is 0 Å². The quantitative estimate of drug-likeness (QED) is 0.468. The van der Waals surface area contributed by atoms with Crippen LogP contribution in [0.25, 0.3) is 10.9 Å². The molecule has 1 aromatic heterocycles. The molecule has 0 amide bonds. The van der Waals surface area contributed by atoms with Crippen molar-refractivity contribution in [3.05, 3.63) is 48.2 Å². The van der Waals surface area contributed by atoms with E-state index in [1.807, 2.05) is 0 Å². The third-order valence-electron chi connectivity index (χ3n) is 2.33. The molecule has 0 aliphatic rings. The van der Waals surface area contributed by atoms with Crippen LogP contribution >= 0.6 is 0 Å². The average Bonchev–Trinajstić information content (AvgIpc) is 2.71. The lowest BCUT2D eigenvalue weighted by Gasteiger charge is -1.95. The number of ketones is 1. The van der Waals surface area contributed by atoms with Crippen LogP contribution in [0.15, 0.2) is 37.1 Å². The van der Waals surface area contributed by atoms with Crippen molar-refractivity contribution in [3.63, 3.8) is 0 Å². The molecule has 2 rings (SSSR count). The Balaban J connectivity index is 2.76. The molecule has 0 aliphatic heterocycles. The number of carbonyl (C=O) groups is 2. The van der Waals surface area contributed by atoms with Crippen LogP contribution in [0.2, 0.25) is 0 Å². The van der Waals surface area contributed by atoms with Gasteiger partial charge in [0, 0.05) is 22.7 Å². The summed E-state index contributed by atoms with van der Waals surface area (Å²) in [5.41, 5.74) is 1.79. The smallest absolute Gasteiger partial charge is 0.187 e. The summed E-state index contributed by atoms with van der Waals surface area (Å²) >= 11 is 0. The van der Waals surface area contributed by atoms with Gasteiger partial charge in [0.25, 0.3) is 0 Å². The topological polar surface area (TPSA) is 49.9 Å². The van der Waals surface area contributed by atoms with Crippen molar-refractivity contribution in [2.24, 2.45) is 0 Å². The number of hydrogen-bond donors (Lipinski definition) is 1. The Bertz CT molecular complexity index is 552. The van der Waals surface area contributed by atoms with Crippen LogP contribution in [-0.4, -0.2) is 17.1 Å². The summed E-state index contributed by atoms with van der Waals surface area (Å²) in [5, 5.41) is 0.754. The second-order valence-corrected chi connectivity index (χ2v) is 3.16. The molecule has 3 heteroatoms. The fourth-order valence-corrected chi connectivity index (χ4v) is 1.59. The number of aldehydes is 1. The first kappa shape index (κ1) is 9.40. The fraction of sp³-hybridized carbons (Fsp3) is 0. The summed E-state index contributed by atoms with van der Waals surface area (Å²) in [4.78, 5) is 25.1. The highest BCUT2D eigenvalue weighted by Crippen LogP contribution is 2.21. The number of aromatic nitrogens is 1. The summed E-state index contributed by atoms with van der Waals surface area (Å²) in [7, 11) is 0. The third kappa shape index (κ3) is 1.38. The van der Waals surface area contributed by atoms with Crippen LogP contribution in [0.1, 0.15) is 20.7 Å². The van der Waals surface area contributed by atoms with Gasteiger partial charge in [-0.25, -0.2) is 0 Å². The minimum absolute atomic E-state index is 0.149. The standard InChI is InChI=1S/C12H9NO2/c1-2-11(15)10-6-13-12-8(7-14)4-3-5-9(10)12/h2-7,13H,1H2. The Hall–Kier alpha value is -2.16. The molecule has 0 saturated heterocycles. The summed E-state index contributed by atoms with van der Waals surface area (Å²) in [5.74, 6) is -0.149. The minimum atomic E-state index is -0.149. The molecule has 3 nitrogen and oxygen atoms in total. The lowest BCUT2D eigenvalue weighted by molar-refractivity contribution is 0.104. The lowest BCUT2D eigenvalue weighted by Crippen LogP contribution is -1.91. The molecule has 0 radical (unpaired) electrons. The fourth-order valence-electron chi connectivity index (χ4n) is 1.59. The molecule has 15 heavy (non-hydrogen) atoms. The second kappa shape index (κ2) is 3.53. The maximum Gasteiger partial charge on any atom is 0.187 e. The number of para-hydroxylation sites is 1. The van der Waals surface area contributed by atoms with Crippen molar-refractivity contribution in [2.45, 2.75) is 0 Å². The van der Waals surface area contributed by atoms with Crippen LogP contribution in [0.5, 0.6) is 0 Å². The molecule has 1 aromatic carbocycles. The van der Waals surface area contributed by atoms with E-state index in [0.717, 1.165) is 11.7 Å². The number of fused-ring (bicyclic) bond motifs is 1. The molecule has 0 atom stereocenters. The van der Waals surface area contributed by atoms with Gasteiger partial charge in [-0.15, -0.1) is 0 Å². The number of benzene rings is 1. The Labute approximate surface area is 86.4 Å². The summed E-state index contributed by atoms with van der Waals surface area (Å²) in [6.07, 6.45) is 3.62. The van der Waals surface area contributed by atoms with Gasteiger partial charge in [-0.3, -0.25) is 9.59 Å². The molecule has 0 spiro atoms. The third-order valence-corrected chi connectivity index (χ3v) is 2.33. The Morgan fingerprint density at radius 1 is 1.40 bits per heavy atom. The maximum absolute atomic E-state index is 11.5. The largest absolute Gasteiger partial charge is 0.360 e. The number of carbonyl (C=O) groups excluding carboxylic acids is 2. The van der Waals surface area contributed by atoms with Crippen molar-refractivity contribution in [1.29, 1.82) is 0 Å². The maximum atomic E-state index is 11.5. The van der Waals surface area contributed by atoms with E-state index >= 15 is 0 Å². The molecular weight excluding hydrogens is 190 g/mol. The average molecular weight is 199 g/mol. The SMILES string of the molecule is C=CC(=O)c1c[nH]c2c(C=O)cccc12. The van der Waals surface area contributed by atoms with Gasteiger partial charge in [-0.2, -0.15) is 0 Å². The minimum Gasteiger partial charge on any atom is -0.360 e. The zero-order chi connectivity index (χ0) is 10.8. The van der Waals surface area contributed by atoms with Gasteiger partial charge in [-0.1, -0.05) is 18.7 Å². The molecule has 2 aromatic rings. The predicted octanol–water partition coefficient (Wildman–Crippen LogP) is 2.35. The predicted molar refractivity (Wildman–Crippen MR) is 58.2 cm³/mol. The number of aromatic amines is 1. The summed E-state index contributed by atoms with van der Waals surface area (Å²) in [6.45, 7) is 3.43. The van der Waals surface area contributed by atoms with Crippen molar-refractivity contribution in [3.8, 4) is 0 Å². The molecule has 74 valence electrons. The van der Waals surface area contributed by atoms with Gasteiger partial charge in [0.05, 0.1) is 5.52 Å². The zero-order valence-electron chi connectivity index (χ0n) is 7.99. The van der Waals surface area contributed by atoms with Crippen molar-refractivity contribution in [1.82, 2.24) is 4.98 Å². The van der Waals surface area contributed by atoms with Crippen LogP contribution in [0.3, 0.4) is 0 Å². The van der Waals surface area contributed by atoms with Crippen LogP contribution in [0.4, 0.5) is 0 Å². The zero-order valence-corrected chi connectivity index (χ0v) is 7.99. The number of nitrogens with one attached hydrogen (secondary N) is 1. The first-order valence-corrected chi connectivity index (χ1v) is 4.50. The van der Waals surface area contributed by atoms with E-state index in [1.165, 1.54) is 6.08 Å². The monoisotopic (exact) mass is 199 g/mol. The Morgan fingerprint density at radius 2 is 2.20 bits per heavy atom. The molecule has 0 aliphatic carbocycles. The van der Waals surface area contributed by atoms with Crippen molar-refractivity contribution in [2.75, 3.05) is 0 Å². The van der Waals surface area contributed by atoms with E-state index in [2.05, 4.69) is 11.6 Å². The van der Waals surface area contributed by atoms with Crippen molar-refractivity contribution < 1.29 is 9.59 Å². The first-order valence-electron chi connectivity index (χ1n) is 4.50. The summed E-state index contributed by atoms with van der Waals surface area (Å²) in [6, 6.07) is 5.25. The van der Waals surface area contributed by atoms with Crippen LogP contribution < -0.4 is 0 Å². The number of hydrogen-bond acceptors (Lipinski definition) is 2. The normalized spacial score (nSPS) is 10.1. The van der Waals surface area contributed by atoms with E-state index < -0.39 is 0 Å². The van der Waals surface area contributed by atoms with Gasteiger partial charge in [0.1, 0.15) is 0 Å². The van der Waals surface area contributed by atoms with E-state index in [1.54, 1.807) is 24.4 Å². The van der Waals surface area contributed by atoms with E-state index in [-0.39, 0.29) is 5.78 Å². The van der Waals surface area contributed by atoms with E-state index in [4.69, 9.17) is 0 Å². The molecule has 0 fully saturated rings. The Morgan fingerprint density at radius 3 is 2.87 bits per heavy atom. The number of rotatable bonds is 3. The van der Waals surface area contributed by atoms with Gasteiger partial charge >= 0.3 is 0 Å². The van der Waals surface area contributed by atoms with Gasteiger partial charge < -0.3 is 4.98 Å². The Kier molecular flexibility index (Phi) is 2.21. The second-order valence-electron chi connectivity index (χ2n) is 3.16. The van der Waals surface area contributed by atoms with E-state index in [9.17, 15) is 9.59 Å². The molecule has 0 unspecified atom stereocenters.